The van der Waals surface area contributed by atoms with E-state index in [0.717, 1.165) is 49.8 Å². The zero-order chi connectivity index (χ0) is 23.5. The number of aliphatic hydroxyl groups excluding tert-OH is 1. The predicted molar refractivity (Wildman–Crippen MR) is 128 cm³/mol. The summed E-state index contributed by atoms with van der Waals surface area (Å²) in [5.74, 6) is -0.0635. The number of ether oxygens (including phenoxy) is 2. The maximum Gasteiger partial charge on any atom is 0.318 e. The smallest absolute Gasteiger partial charge is 0.318 e. The van der Waals surface area contributed by atoms with Gasteiger partial charge in [0.1, 0.15) is 12.3 Å². The van der Waals surface area contributed by atoms with Gasteiger partial charge >= 0.3 is 6.03 Å². The van der Waals surface area contributed by atoms with Crippen molar-refractivity contribution in [2.45, 2.75) is 62.6 Å². The molecule has 3 amide bonds. The Kier molecular flexibility index (Phi) is 6.94. The fourth-order valence-corrected chi connectivity index (χ4v) is 5.96. The third-order valence-corrected chi connectivity index (χ3v) is 8.01. The molecule has 9 heteroatoms. The summed E-state index contributed by atoms with van der Waals surface area (Å²) in [5.41, 5.74) is 2.24. The maximum atomic E-state index is 13.4. The zero-order valence-corrected chi connectivity index (χ0v) is 19.7. The van der Waals surface area contributed by atoms with Gasteiger partial charge in [-0.15, -0.1) is 0 Å². The fraction of sp³-hybridized carbons (Fsp3) is 0.680. The van der Waals surface area contributed by atoms with E-state index in [1.54, 1.807) is 4.90 Å². The molecule has 1 spiro atoms. The molecule has 2 saturated heterocycles. The van der Waals surface area contributed by atoms with Crippen LogP contribution in [0.1, 0.15) is 50.5 Å². The predicted octanol–water partition coefficient (Wildman–Crippen LogP) is 2.41. The molecule has 3 fully saturated rings. The lowest BCUT2D eigenvalue weighted by Crippen LogP contribution is -2.55. The minimum atomic E-state index is -0.667. The Morgan fingerprint density at radius 2 is 1.76 bits per heavy atom. The van der Waals surface area contributed by atoms with E-state index in [9.17, 15) is 14.7 Å². The number of aliphatic hydroxyl groups is 1. The molecule has 1 aliphatic carbocycles. The van der Waals surface area contributed by atoms with Crippen molar-refractivity contribution in [2.24, 2.45) is 5.92 Å². The summed E-state index contributed by atoms with van der Waals surface area (Å²) in [6.45, 7) is 3.38. The number of morpholine rings is 1. The third kappa shape index (κ3) is 4.61. The average Bonchev–Trinajstić information content (AvgIpc) is 3.13. The number of amides is 3. The number of carbonyl (C=O) groups excluding carboxylic acids is 2. The van der Waals surface area contributed by atoms with E-state index in [-0.39, 0.29) is 23.3 Å². The highest BCUT2D eigenvalue weighted by Gasteiger charge is 2.47. The van der Waals surface area contributed by atoms with E-state index in [4.69, 9.17) is 9.47 Å². The summed E-state index contributed by atoms with van der Waals surface area (Å²) in [4.78, 5) is 28.1. The number of nitrogens with zero attached hydrogens (tertiary/aromatic N) is 1. The van der Waals surface area contributed by atoms with Gasteiger partial charge in [0.05, 0.1) is 13.2 Å². The first kappa shape index (κ1) is 23.4. The Labute approximate surface area is 200 Å². The monoisotopic (exact) mass is 472 g/mol. The van der Waals surface area contributed by atoms with E-state index in [1.807, 2.05) is 18.2 Å². The molecule has 1 unspecified atom stereocenters. The molecular weight excluding hydrogens is 436 g/mol. The van der Waals surface area contributed by atoms with E-state index < -0.39 is 12.3 Å². The van der Waals surface area contributed by atoms with Gasteiger partial charge in [-0.25, -0.2) is 4.79 Å². The van der Waals surface area contributed by atoms with Crippen LogP contribution in [-0.4, -0.2) is 73.7 Å². The standard InChI is InChI=1S/C25H36N4O5/c30-22(21(17-4-2-1-3-5-17)28-24(32)29-10-14-34-15-11-29)26-18-6-7-19-20(16-18)27-23(31)25(19)8-12-33-13-9-25/h6-7,16-17,21,23,27,31H,1-5,8-15H2,(H,26,30)(H,28,32)/t21-,23?/m0/s1. The van der Waals surface area contributed by atoms with Crippen LogP contribution >= 0.6 is 0 Å². The van der Waals surface area contributed by atoms with E-state index in [2.05, 4.69) is 16.0 Å². The molecule has 9 nitrogen and oxygen atoms in total. The third-order valence-electron chi connectivity index (χ3n) is 8.01. The van der Waals surface area contributed by atoms with Crippen molar-refractivity contribution in [3.63, 3.8) is 0 Å². The number of nitrogens with one attached hydrogen (secondary N) is 3. The van der Waals surface area contributed by atoms with E-state index >= 15 is 0 Å². The number of carbonyl (C=O) groups is 2. The van der Waals surface area contributed by atoms with Gasteiger partial charge < -0.3 is 35.4 Å². The molecule has 4 aliphatic rings. The van der Waals surface area contributed by atoms with Crippen LogP contribution in [0.25, 0.3) is 0 Å². The largest absolute Gasteiger partial charge is 0.381 e. The number of rotatable bonds is 4. The number of fused-ring (bicyclic) bond motifs is 2. The van der Waals surface area contributed by atoms with Gasteiger partial charge in [-0.3, -0.25) is 4.79 Å². The van der Waals surface area contributed by atoms with Crippen molar-refractivity contribution in [1.29, 1.82) is 0 Å². The van der Waals surface area contributed by atoms with Gasteiger partial charge in [0.25, 0.3) is 0 Å². The Morgan fingerprint density at radius 1 is 1.06 bits per heavy atom. The van der Waals surface area contributed by atoms with Gasteiger partial charge in [-0.2, -0.15) is 0 Å². The van der Waals surface area contributed by atoms with Crippen LogP contribution in [0.4, 0.5) is 16.2 Å². The molecule has 1 aromatic carbocycles. The first-order chi connectivity index (χ1) is 16.6. The highest BCUT2D eigenvalue weighted by atomic mass is 16.5. The van der Waals surface area contributed by atoms with Crippen LogP contribution in [0.15, 0.2) is 18.2 Å². The minimum Gasteiger partial charge on any atom is -0.381 e. The van der Waals surface area contributed by atoms with Gasteiger partial charge in [0, 0.05) is 43.1 Å². The van der Waals surface area contributed by atoms with Crippen molar-refractivity contribution in [3.8, 4) is 0 Å². The number of hydrogen-bond acceptors (Lipinski definition) is 6. The summed E-state index contributed by atoms with van der Waals surface area (Å²) in [5, 5.41) is 20.0. The number of urea groups is 1. The second kappa shape index (κ2) is 10.1. The summed E-state index contributed by atoms with van der Waals surface area (Å²) in [7, 11) is 0. The fourth-order valence-electron chi connectivity index (χ4n) is 5.96. The van der Waals surface area contributed by atoms with Crippen molar-refractivity contribution in [3.05, 3.63) is 23.8 Å². The molecule has 4 N–H and O–H groups in total. The summed E-state index contributed by atoms with van der Waals surface area (Å²) in [6.07, 6.45) is 6.05. The lowest BCUT2D eigenvalue weighted by molar-refractivity contribution is -0.119. The molecule has 0 radical (unpaired) electrons. The van der Waals surface area contributed by atoms with Gasteiger partial charge in [0.15, 0.2) is 0 Å². The number of hydrogen-bond donors (Lipinski definition) is 4. The maximum absolute atomic E-state index is 13.4. The molecule has 186 valence electrons. The van der Waals surface area contributed by atoms with Gasteiger partial charge in [-0.05, 0) is 49.3 Å². The Morgan fingerprint density at radius 3 is 2.50 bits per heavy atom. The van der Waals surface area contributed by atoms with Crippen LogP contribution in [0.5, 0.6) is 0 Å². The van der Waals surface area contributed by atoms with Crippen LogP contribution in [0.2, 0.25) is 0 Å². The molecule has 3 aliphatic heterocycles. The van der Waals surface area contributed by atoms with Gasteiger partial charge in [0.2, 0.25) is 5.91 Å². The molecule has 1 aromatic rings. The summed E-state index contributed by atoms with van der Waals surface area (Å²) >= 11 is 0. The normalized spacial score (nSPS) is 25.3. The number of anilines is 2. The number of benzene rings is 1. The SMILES string of the molecule is O=C(Nc1ccc2c(c1)NC(O)C21CCOCC1)[C@@H](NC(=O)N1CCOCC1)C1CCCCC1. The molecule has 3 heterocycles. The van der Waals surface area contributed by atoms with E-state index in [1.165, 1.54) is 6.42 Å². The lowest BCUT2D eigenvalue weighted by Gasteiger charge is -2.36. The lowest BCUT2D eigenvalue weighted by atomic mass is 9.74. The van der Waals surface area contributed by atoms with Crippen molar-refractivity contribution in [1.82, 2.24) is 10.2 Å². The second-order valence-electron chi connectivity index (χ2n) is 9.99. The second-order valence-corrected chi connectivity index (χ2v) is 9.99. The van der Waals surface area contributed by atoms with Crippen molar-refractivity contribution < 1.29 is 24.2 Å². The summed E-state index contributed by atoms with van der Waals surface area (Å²) < 4.78 is 10.9. The Hall–Kier alpha value is -2.36. The first-order valence-corrected chi connectivity index (χ1v) is 12.7. The van der Waals surface area contributed by atoms with Crippen molar-refractivity contribution in [2.75, 3.05) is 50.2 Å². The topological polar surface area (TPSA) is 112 Å². The quantitative estimate of drug-likeness (QED) is 0.536. The summed E-state index contributed by atoms with van der Waals surface area (Å²) in [6, 6.07) is 5.01. The Bertz CT molecular complexity index is 891. The van der Waals surface area contributed by atoms with E-state index in [0.29, 0.717) is 45.2 Å². The average molecular weight is 473 g/mol. The molecular formula is C25H36N4O5. The minimum absolute atomic E-state index is 0.124. The Balaban J connectivity index is 1.31. The first-order valence-electron chi connectivity index (χ1n) is 12.7. The molecule has 1 saturated carbocycles. The molecule has 5 rings (SSSR count). The highest BCUT2D eigenvalue weighted by Crippen LogP contribution is 2.47. The molecule has 0 aromatic heterocycles. The molecule has 34 heavy (non-hydrogen) atoms. The van der Waals surface area contributed by atoms with Gasteiger partial charge in [-0.1, -0.05) is 25.3 Å². The van der Waals surface area contributed by atoms with Crippen molar-refractivity contribution >= 4 is 23.3 Å². The van der Waals surface area contributed by atoms with Crippen LogP contribution < -0.4 is 16.0 Å². The highest BCUT2D eigenvalue weighted by molar-refractivity contribution is 5.97. The van der Waals surface area contributed by atoms with Crippen LogP contribution in [0.3, 0.4) is 0 Å². The molecule has 0 bridgehead atoms. The van der Waals surface area contributed by atoms with Crippen LogP contribution in [-0.2, 0) is 19.7 Å². The molecule has 2 atom stereocenters. The zero-order valence-electron chi connectivity index (χ0n) is 19.7. The van der Waals surface area contributed by atoms with Crippen LogP contribution in [0, 0.1) is 5.92 Å².